The first kappa shape index (κ1) is 18.1. The highest BCUT2D eigenvalue weighted by Gasteiger charge is 2.41. The van der Waals surface area contributed by atoms with Crippen LogP contribution in [0, 0.1) is 5.41 Å². The number of alkyl halides is 1. The van der Waals surface area contributed by atoms with Crippen molar-refractivity contribution in [2.45, 2.75) is 45.3 Å². The predicted molar refractivity (Wildman–Crippen MR) is 84.7 cm³/mol. The molecule has 4 atom stereocenters. The number of carbonyl (C=O) groups is 2. The van der Waals surface area contributed by atoms with Crippen molar-refractivity contribution in [3.8, 4) is 0 Å². The van der Waals surface area contributed by atoms with Crippen LogP contribution in [0.15, 0.2) is 42.5 Å². The summed E-state index contributed by atoms with van der Waals surface area (Å²) in [5, 5.41) is 10.3. The molecule has 0 spiro atoms. The molecule has 6 heteroatoms. The molecule has 0 radical (unpaired) electrons. The van der Waals surface area contributed by atoms with Gasteiger partial charge in [-0.2, -0.15) is 0 Å². The van der Waals surface area contributed by atoms with Gasteiger partial charge >= 0.3 is 11.9 Å². The summed E-state index contributed by atoms with van der Waals surface area (Å²) < 4.78 is 24.9. The molecule has 0 saturated carbocycles. The number of hydrogen-bond donors (Lipinski definition) is 1. The summed E-state index contributed by atoms with van der Waals surface area (Å²) in [5.74, 6) is -1.26. The SMILES string of the molecule is CC(C)(C)C(=O)O[C@H]1C=CC(=O)O[C@H]1[C@@H](O)[C@H](F)c1ccccc1. The molecule has 24 heavy (non-hydrogen) atoms. The molecule has 1 N–H and O–H groups in total. The quantitative estimate of drug-likeness (QED) is 0.855. The number of aliphatic hydroxyl groups is 1. The van der Waals surface area contributed by atoms with Crippen molar-refractivity contribution in [2.24, 2.45) is 5.41 Å². The van der Waals surface area contributed by atoms with Crippen molar-refractivity contribution in [3.63, 3.8) is 0 Å². The van der Waals surface area contributed by atoms with Gasteiger partial charge in [0.05, 0.1) is 5.41 Å². The maximum absolute atomic E-state index is 14.6. The molecule has 0 amide bonds. The topological polar surface area (TPSA) is 72.8 Å². The van der Waals surface area contributed by atoms with Crippen LogP contribution in [0.4, 0.5) is 4.39 Å². The molecule has 0 unspecified atom stereocenters. The van der Waals surface area contributed by atoms with Gasteiger partial charge in [-0.3, -0.25) is 4.79 Å². The molecule has 0 saturated heterocycles. The number of rotatable bonds is 4. The van der Waals surface area contributed by atoms with Crippen molar-refractivity contribution >= 4 is 11.9 Å². The van der Waals surface area contributed by atoms with Crippen LogP contribution in [0.5, 0.6) is 0 Å². The van der Waals surface area contributed by atoms with E-state index in [-0.39, 0.29) is 5.56 Å². The number of ether oxygens (including phenoxy) is 2. The van der Waals surface area contributed by atoms with Gasteiger partial charge in [0.2, 0.25) is 0 Å². The van der Waals surface area contributed by atoms with Crippen molar-refractivity contribution in [2.75, 3.05) is 0 Å². The zero-order valence-electron chi connectivity index (χ0n) is 13.8. The molecule has 0 aliphatic carbocycles. The second kappa shape index (κ2) is 7.13. The van der Waals surface area contributed by atoms with Crippen LogP contribution in [0.2, 0.25) is 0 Å². The number of benzene rings is 1. The summed E-state index contributed by atoms with van der Waals surface area (Å²) in [7, 11) is 0. The second-order valence-corrected chi connectivity index (χ2v) is 6.68. The van der Waals surface area contributed by atoms with E-state index in [2.05, 4.69) is 0 Å². The number of hydrogen-bond acceptors (Lipinski definition) is 5. The van der Waals surface area contributed by atoms with Gasteiger partial charge in [0, 0.05) is 6.08 Å². The van der Waals surface area contributed by atoms with Gasteiger partial charge in [-0.25, -0.2) is 9.18 Å². The molecule has 1 aromatic rings. The van der Waals surface area contributed by atoms with E-state index >= 15 is 0 Å². The fraction of sp³-hybridized carbons (Fsp3) is 0.444. The third kappa shape index (κ3) is 4.20. The van der Waals surface area contributed by atoms with Crippen molar-refractivity contribution in [1.29, 1.82) is 0 Å². The summed E-state index contributed by atoms with van der Waals surface area (Å²) in [4.78, 5) is 23.5. The van der Waals surface area contributed by atoms with Crippen LogP contribution in [0.25, 0.3) is 0 Å². The number of aliphatic hydroxyl groups excluding tert-OH is 1. The molecule has 0 aromatic heterocycles. The van der Waals surface area contributed by atoms with Crippen LogP contribution in [-0.2, 0) is 19.1 Å². The lowest BCUT2D eigenvalue weighted by Crippen LogP contribution is -2.47. The van der Waals surface area contributed by atoms with E-state index < -0.39 is 41.8 Å². The molecule has 1 aliphatic rings. The van der Waals surface area contributed by atoms with Gasteiger partial charge in [0.15, 0.2) is 18.4 Å². The fourth-order valence-corrected chi connectivity index (χ4v) is 2.19. The van der Waals surface area contributed by atoms with E-state index in [0.29, 0.717) is 0 Å². The van der Waals surface area contributed by atoms with Crippen LogP contribution in [0.1, 0.15) is 32.5 Å². The summed E-state index contributed by atoms with van der Waals surface area (Å²) in [6.45, 7) is 5.00. The Balaban J connectivity index is 2.19. The summed E-state index contributed by atoms with van der Waals surface area (Å²) >= 11 is 0. The average molecular weight is 336 g/mol. The van der Waals surface area contributed by atoms with E-state index in [0.717, 1.165) is 6.08 Å². The molecular weight excluding hydrogens is 315 g/mol. The Hall–Kier alpha value is -2.21. The van der Waals surface area contributed by atoms with E-state index in [1.807, 2.05) is 0 Å². The molecule has 0 bridgehead atoms. The standard InChI is InChI=1S/C18H21FO5/c1-18(2,3)17(22)23-12-9-10-13(20)24-16(12)15(21)14(19)11-7-5-4-6-8-11/h4-10,12,14-16,21H,1-3H3/t12-,14+,15-,16+/m0/s1. The van der Waals surface area contributed by atoms with E-state index in [4.69, 9.17) is 9.47 Å². The summed E-state index contributed by atoms with van der Waals surface area (Å²) in [6, 6.07) is 8.03. The van der Waals surface area contributed by atoms with Crippen molar-refractivity contribution < 1.29 is 28.6 Å². The maximum Gasteiger partial charge on any atom is 0.331 e. The predicted octanol–water partition coefficient (Wildman–Crippen LogP) is 2.50. The lowest BCUT2D eigenvalue weighted by atomic mass is 9.95. The monoisotopic (exact) mass is 336 g/mol. The van der Waals surface area contributed by atoms with E-state index in [1.165, 1.54) is 18.2 Å². The highest BCUT2D eigenvalue weighted by molar-refractivity contribution is 5.83. The molecule has 130 valence electrons. The van der Waals surface area contributed by atoms with Crippen LogP contribution >= 0.6 is 0 Å². The third-order valence-corrected chi connectivity index (χ3v) is 3.61. The van der Waals surface area contributed by atoms with Gasteiger partial charge in [0.1, 0.15) is 6.10 Å². The van der Waals surface area contributed by atoms with Crippen molar-refractivity contribution in [3.05, 3.63) is 48.0 Å². The zero-order valence-corrected chi connectivity index (χ0v) is 13.8. The largest absolute Gasteiger partial charge is 0.454 e. The molecular formula is C18H21FO5. The van der Waals surface area contributed by atoms with Crippen LogP contribution in [-0.4, -0.2) is 35.4 Å². The Labute approximate surface area is 140 Å². The number of carbonyl (C=O) groups excluding carboxylic acids is 2. The smallest absolute Gasteiger partial charge is 0.331 e. The van der Waals surface area contributed by atoms with Gasteiger partial charge in [-0.05, 0) is 32.4 Å². The Bertz CT molecular complexity index is 620. The first-order valence-corrected chi connectivity index (χ1v) is 7.67. The third-order valence-electron chi connectivity index (χ3n) is 3.61. The van der Waals surface area contributed by atoms with E-state index in [1.54, 1.807) is 39.0 Å². The van der Waals surface area contributed by atoms with Gasteiger partial charge in [-0.15, -0.1) is 0 Å². The number of halogens is 1. The normalized spacial score (nSPS) is 23.3. The lowest BCUT2D eigenvalue weighted by molar-refractivity contribution is -0.180. The Morgan fingerprint density at radius 1 is 1.29 bits per heavy atom. The molecule has 1 heterocycles. The Kier molecular flexibility index (Phi) is 5.39. The number of esters is 2. The Morgan fingerprint density at radius 2 is 1.92 bits per heavy atom. The van der Waals surface area contributed by atoms with Gasteiger partial charge in [-0.1, -0.05) is 30.3 Å². The van der Waals surface area contributed by atoms with Crippen LogP contribution < -0.4 is 0 Å². The fourth-order valence-electron chi connectivity index (χ4n) is 2.19. The molecule has 1 aromatic carbocycles. The average Bonchev–Trinajstić information content (AvgIpc) is 2.55. The number of cyclic esters (lactones) is 1. The van der Waals surface area contributed by atoms with Crippen LogP contribution in [0.3, 0.4) is 0 Å². The minimum Gasteiger partial charge on any atom is -0.454 e. The van der Waals surface area contributed by atoms with E-state index in [9.17, 15) is 19.1 Å². The Morgan fingerprint density at radius 3 is 2.50 bits per heavy atom. The minimum absolute atomic E-state index is 0.247. The highest BCUT2D eigenvalue weighted by Crippen LogP contribution is 2.29. The molecule has 5 nitrogen and oxygen atoms in total. The van der Waals surface area contributed by atoms with Crippen molar-refractivity contribution in [1.82, 2.24) is 0 Å². The molecule has 1 aliphatic heterocycles. The second-order valence-electron chi connectivity index (χ2n) is 6.68. The molecule has 0 fully saturated rings. The molecule has 2 rings (SSSR count). The first-order valence-electron chi connectivity index (χ1n) is 7.67. The zero-order chi connectivity index (χ0) is 17.9. The summed E-state index contributed by atoms with van der Waals surface area (Å²) in [5.41, 5.74) is -0.532. The summed E-state index contributed by atoms with van der Waals surface area (Å²) in [6.07, 6.45) is -3.42. The lowest BCUT2D eigenvalue weighted by Gasteiger charge is -2.33. The van der Waals surface area contributed by atoms with Gasteiger partial charge in [0.25, 0.3) is 0 Å². The first-order chi connectivity index (χ1) is 11.2. The minimum atomic E-state index is -1.79. The van der Waals surface area contributed by atoms with Gasteiger partial charge < -0.3 is 14.6 Å². The highest BCUT2D eigenvalue weighted by atomic mass is 19.1. The maximum atomic E-state index is 14.6.